The number of imide groups is 1. The lowest BCUT2D eigenvalue weighted by atomic mass is 10.1. The minimum Gasteiger partial charge on any atom is -0.323 e. The van der Waals surface area contributed by atoms with Crippen LogP contribution in [0.25, 0.3) is 0 Å². The Kier molecular flexibility index (Phi) is 5.90. The molecule has 0 unspecified atom stereocenters. The highest BCUT2D eigenvalue weighted by atomic mass is 16.2. The summed E-state index contributed by atoms with van der Waals surface area (Å²) in [5.74, 6) is 2.09. The van der Waals surface area contributed by atoms with E-state index in [1.54, 1.807) is 29.2 Å². The minimum atomic E-state index is -0.154. The van der Waals surface area contributed by atoms with Gasteiger partial charge in [0.2, 0.25) is 11.8 Å². The van der Waals surface area contributed by atoms with Crippen molar-refractivity contribution >= 4 is 17.7 Å². The second kappa shape index (κ2) is 8.53. The summed E-state index contributed by atoms with van der Waals surface area (Å²) in [6.45, 7) is 2.90. The van der Waals surface area contributed by atoms with Crippen molar-refractivity contribution in [3.8, 4) is 12.3 Å². The minimum absolute atomic E-state index is 0.150. The maximum atomic E-state index is 12.9. The number of rotatable bonds is 6. The van der Waals surface area contributed by atoms with Crippen molar-refractivity contribution in [2.75, 3.05) is 6.54 Å². The number of carbonyl (C=O) groups is 3. The van der Waals surface area contributed by atoms with E-state index in [4.69, 9.17) is 6.42 Å². The van der Waals surface area contributed by atoms with E-state index in [9.17, 15) is 14.4 Å². The van der Waals surface area contributed by atoms with Gasteiger partial charge < -0.3 is 4.90 Å². The van der Waals surface area contributed by atoms with Gasteiger partial charge in [-0.05, 0) is 30.2 Å². The summed E-state index contributed by atoms with van der Waals surface area (Å²) in [6, 6.07) is 14.9. The summed E-state index contributed by atoms with van der Waals surface area (Å²) in [7, 11) is 0. The molecule has 2 aromatic carbocycles. The molecule has 0 saturated carbocycles. The molecule has 5 nitrogen and oxygen atoms in total. The van der Waals surface area contributed by atoms with Crippen molar-refractivity contribution in [3.63, 3.8) is 0 Å². The fourth-order valence-electron chi connectivity index (χ4n) is 3.14. The van der Waals surface area contributed by atoms with Gasteiger partial charge in [-0.1, -0.05) is 47.9 Å². The van der Waals surface area contributed by atoms with E-state index in [1.807, 2.05) is 31.2 Å². The molecule has 0 radical (unpaired) electrons. The second-order valence-electron chi connectivity index (χ2n) is 6.92. The standard InChI is InChI=1S/C23H22N2O3/c1-3-14-24(15-18-6-4-17(2)5-7-18)23(28)20-10-8-19(9-11-20)16-25-21(26)12-13-22(25)27/h1,4-11H,12-16H2,2H3. The number of amides is 3. The van der Waals surface area contributed by atoms with Crippen LogP contribution in [0.5, 0.6) is 0 Å². The molecule has 1 heterocycles. The lowest BCUT2D eigenvalue weighted by Gasteiger charge is -2.21. The van der Waals surface area contributed by atoms with Gasteiger partial charge in [-0.2, -0.15) is 0 Å². The highest BCUT2D eigenvalue weighted by molar-refractivity contribution is 6.01. The van der Waals surface area contributed by atoms with Crippen molar-refractivity contribution in [2.24, 2.45) is 0 Å². The van der Waals surface area contributed by atoms with Crippen LogP contribution in [0.4, 0.5) is 0 Å². The second-order valence-corrected chi connectivity index (χ2v) is 6.92. The first kappa shape index (κ1) is 19.4. The zero-order valence-corrected chi connectivity index (χ0v) is 15.9. The summed E-state index contributed by atoms with van der Waals surface area (Å²) in [5, 5.41) is 0. The predicted molar refractivity (Wildman–Crippen MR) is 106 cm³/mol. The van der Waals surface area contributed by atoms with Crippen LogP contribution in [0.15, 0.2) is 48.5 Å². The monoisotopic (exact) mass is 374 g/mol. The number of nitrogens with zero attached hydrogens (tertiary/aromatic N) is 2. The number of terminal acetylenes is 1. The van der Waals surface area contributed by atoms with Crippen molar-refractivity contribution in [1.82, 2.24) is 9.80 Å². The Bertz CT molecular complexity index is 908. The Morgan fingerprint density at radius 3 is 2.14 bits per heavy atom. The maximum Gasteiger partial charge on any atom is 0.254 e. The van der Waals surface area contributed by atoms with Crippen LogP contribution in [0.3, 0.4) is 0 Å². The van der Waals surface area contributed by atoms with Crippen LogP contribution in [-0.2, 0) is 22.7 Å². The van der Waals surface area contributed by atoms with E-state index in [-0.39, 0.29) is 43.7 Å². The summed E-state index contributed by atoms with van der Waals surface area (Å²) >= 11 is 0. The van der Waals surface area contributed by atoms with Crippen molar-refractivity contribution in [1.29, 1.82) is 0 Å². The van der Waals surface area contributed by atoms with Gasteiger partial charge in [-0.25, -0.2) is 0 Å². The van der Waals surface area contributed by atoms with E-state index in [0.717, 1.165) is 16.7 Å². The third kappa shape index (κ3) is 4.47. The largest absolute Gasteiger partial charge is 0.323 e. The van der Waals surface area contributed by atoms with Crippen molar-refractivity contribution in [3.05, 3.63) is 70.8 Å². The van der Waals surface area contributed by atoms with Gasteiger partial charge in [0.15, 0.2) is 0 Å². The van der Waals surface area contributed by atoms with Gasteiger partial charge in [0, 0.05) is 24.9 Å². The highest BCUT2D eigenvalue weighted by Crippen LogP contribution is 2.17. The molecule has 0 N–H and O–H groups in total. The summed E-state index contributed by atoms with van der Waals surface area (Å²) in [5.41, 5.74) is 3.49. The molecular weight excluding hydrogens is 352 g/mol. The van der Waals surface area contributed by atoms with Crippen molar-refractivity contribution < 1.29 is 14.4 Å². The molecule has 28 heavy (non-hydrogen) atoms. The van der Waals surface area contributed by atoms with Gasteiger partial charge >= 0.3 is 0 Å². The van der Waals surface area contributed by atoms with Crippen LogP contribution in [0, 0.1) is 19.3 Å². The van der Waals surface area contributed by atoms with Crippen LogP contribution in [0.1, 0.15) is 39.9 Å². The normalized spacial score (nSPS) is 13.5. The van der Waals surface area contributed by atoms with Crippen LogP contribution in [0.2, 0.25) is 0 Å². The molecule has 1 aliphatic rings. The smallest absolute Gasteiger partial charge is 0.254 e. The van der Waals surface area contributed by atoms with E-state index in [2.05, 4.69) is 5.92 Å². The molecule has 0 spiro atoms. The molecule has 0 aliphatic carbocycles. The fourth-order valence-corrected chi connectivity index (χ4v) is 3.14. The summed E-state index contributed by atoms with van der Waals surface area (Å²) in [6.07, 6.45) is 6.00. The van der Waals surface area contributed by atoms with Crippen LogP contribution >= 0.6 is 0 Å². The highest BCUT2D eigenvalue weighted by Gasteiger charge is 2.28. The van der Waals surface area contributed by atoms with E-state index in [1.165, 1.54) is 4.90 Å². The lowest BCUT2D eigenvalue weighted by molar-refractivity contribution is -0.139. The number of aryl methyl sites for hydroxylation is 1. The average Bonchev–Trinajstić information content (AvgIpc) is 3.01. The third-order valence-corrected chi connectivity index (χ3v) is 4.76. The number of hydrogen-bond acceptors (Lipinski definition) is 3. The molecule has 2 aromatic rings. The number of likely N-dealkylation sites (tertiary alicyclic amines) is 1. The molecule has 0 atom stereocenters. The van der Waals surface area contributed by atoms with Gasteiger partial charge in [0.05, 0.1) is 13.1 Å². The van der Waals surface area contributed by atoms with Crippen molar-refractivity contribution in [2.45, 2.75) is 32.9 Å². The van der Waals surface area contributed by atoms with E-state index < -0.39 is 0 Å². The number of carbonyl (C=O) groups excluding carboxylic acids is 3. The Morgan fingerprint density at radius 2 is 1.57 bits per heavy atom. The number of hydrogen-bond donors (Lipinski definition) is 0. The molecule has 5 heteroatoms. The molecular formula is C23H22N2O3. The van der Waals surface area contributed by atoms with Gasteiger partial charge in [0.25, 0.3) is 5.91 Å². The number of benzene rings is 2. The van der Waals surface area contributed by atoms with Crippen LogP contribution in [-0.4, -0.2) is 34.1 Å². The fraction of sp³-hybridized carbons (Fsp3) is 0.261. The van der Waals surface area contributed by atoms with E-state index >= 15 is 0 Å². The summed E-state index contributed by atoms with van der Waals surface area (Å²) in [4.78, 5) is 39.2. The topological polar surface area (TPSA) is 57.7 Å². The SMILES string of the molecule is C#CCN(Cc1ccc(C)cc1)C(=O)c1ccc(CN2C(=O)CCC2=O)cc1. The Balaban J connectivity index is 1.70. The molecule has 1 fully saturated rings. The molecule has 0 bridgehead atoms. The molecule has 1 saturated heterocycles. The molecule has 1 aliphatic heterocycles. The van der Waals surface area contributed by atoms with Gasteiger partial charge in [-0.3, -0.25) is 19.3 Å². The first-order chi connectivity index (χ1) is 13.5. The quantitative estimate of drug-likeness (QED) is 0.577. The average molecular weight is 374 g/mol. The molecule has 0 aromatic heterocycles. The van der Waals surface area contributed by atoms with Gasteiger partial charge in [-0.15, -0.1) is 6.42 Å². The Morgan fingerprint density at radius 1 is 1.00 bits per heavy atom. The third-order valence-electron chi connectivity index (χ3n) is 4.76. The van der Waals surface area contributed by atoms with Crippen LogP contribution < -0.4 is 0 Å². The molecule has 3 rings (SSSR count). The zero-order chi connectivity index (χ0) is 20.1. The molecule has 142 valence electrons. The summed E-state index contributed by atoms with van der Waals surface area (Å²) < 4.78 is 0. The Hall–Kier alpha value is -3.39. The maximum absolute atomic E-state index is 12.9. The van der Waals surface area contributed by atoms with Gasteiger partial charge in [0.1, 0.15) is 0 Å². The lowest BCUT2D eigenvalue weighted by Crippen LogP contribution is -2.31. The Labute approximate surface area is 165 Å². The predicted octanol–water partition coefficient (Wildman–Crippen LogP) is 2.92. The first-order valence-corrected chi connectivity index (χ1v) is 9.18. The zero-order valence-electron chi connectivity index (χ0n) is 15.9. The first-order valence-electron chi connectivity index (χ1n) is 9.18. The molecule has 3 amide bonds. The van der Waals surface area contributed by atoms with E-state index in [0.29, 0.717) is 12.1 Å².